The molecule has 132 valence electrons. The van der Waals surface area contributed by atoms with Crippen molar-refractivity contribution in [2.24, 2.45) is 0 Å². The fourth-order valence-electron chi connectivity index (χ4n) is 4.02. The molecule has 3 aromatic rings. The second-order valence-corrected chi connectivity index (χ2v) is 6.81. The van der Waals surface area contributed by atoms with Crippen LogP contribution in [0.1, 0.15) is 42.4 Å². The van der Waals surface area contributed by atoms with Gasteiger partial charge in [-0.2, -0.15) is 0 Å². The van der Waals surface area contributed by atoms with Crippen LogP contribution in [0.3, 0.4) is 0 Å². The van der Waals surface area contributed by atoms with Gasteiger partial charge in [-0.3, -0.25) is 4.79 Å². The summed E-state index contributed by atoms with van der Waals surface area (Å²) < 4.78 is 5.59. The number of carboxylic acid groups (broad SMARTS) is 1. The molecule has 1 aliphatic rings. The molecule has 1 aliphatic carbocycles. The van der Waals surface area contributed by atoms with Gasteiger partial charge in [0.1, 0.15) is 5.58 Å². The summed E-state index contributed by atoms with van der Waals surface area (Å²) in [6, 6.07) is 13.6. The van der Waals surface area contributed by atoms with Crippen molar-refractivity contribution in [3.05, 3.63) is 69.6 Å². The molecule has 0 amide bonds. The standard InChI is InChI=1S/C22H20O4/c1-2-16(21(23)24)20-19(13-7-4-3-5-8-13)17-11-14-9-6-10-15(14)12-18(17)26-22(20)25/h3-5,7-8,11-12,16H,2,6,9-10H2,1H3,(H,23,24). The molecule has 4 rings (SSSR count). The van der Waals surface area contributed by atoms with E-state index in [1.807, 2.05) is 36.4 Å². The summed E-state index contributed by atoms with van der Waals surface area (Å²) in [4.78, 5) is 24.6. The maximum atomic E-state index is 12.8. The first-order valence-electron chi connectivity index (χ1n) is 9.01. The van der Waals surface area contributed by atoms with E-state index < -0.39 is 17.5 Å². The van der Waals surface area contributed by atoms with Crippen LogP contribution in [0.25, 0.3) is 22.1 Å². The molecule has 1 aromatic heterocycles. The van der Waals surface area contributed by atoms with E-state index in [1.165, 1.54) is 11.1 Å². The Morgan fingerprint density at radius 3 is 2.50 bits per heavy atom. The minimum Gasteiger partial charge on any atom is -0.481 e. The van der Waals surface area contributed by atoms with Crippen molar-refractivity contribution in [1.82, 2.24) is 0 Å². The topological polar surface area (TPSA) is 67.5 Å². The quantitative estimate of drug-likeness (QED) is 0.704. The Kier molecular flexibility index (Phi) is 4.11. The van der Waals surface area contributed by atoms with Crippen molar-refractivity contribution in [1.29, 1.82) is 0 Å². The van der Waals surface area contributed by atoms with Crippen molar-refractivity contribution >= 4 is 16.9 Å². The Morgan fingerprint density at radius 2 is 1.85 bits per heavy atom. The molecule has 1 unspecified atom stereocenters. The Morgan fingerprint density at radius 1 is 1.15 bits per heavy atom. The van der Waals surface area contributed by atoms with Crippen LogP contribution in [0.5, 0.6) is 0 Å². The number of hydrogen-bond acceptors (Lipinski definition) is 3. The van der Waals surface area contributed by atoms with Gasteiger partial charge < -0.3 is 9.52 Å². The number of aliphatic carboxylic acids is 1. The largest absolute Gasteiger partial charge is 0.481 e. The SMILES string of the molecule is CCC(C(=O)O)c1c(-c2ccccc2)c2cc3c(cc2oc1=O)CCC3. The van der Waals surface area contributed by atoms with Gasteiger partial charge in [0, 0.05) is 10.9 Å². The van der Waals surface area contributed by atoms with E-state index in [4.69, 9.17) is 4.42 Å². The smallest absolute Gasteiger partial charge is 0.340 e. The van der Waals surface area contributed by atoms with Gasteiger partial charge in [0.25, 0.3) is 0 Å². The van der Waals surface area contributed by atoms with E-state index in [0.29, 0.717) is 17.6 Å². The first-order chi connectivity index (χ1) is 12.6. The molecule has 0 bridgehead atoms. The molecule has 4 nitrogen and oxygen atoms in total. The Balaban J connectivity index is 2.13. The van der Waals surface area contributed by atoms with Gasteiger partial charge in [0.2, 0.25) is 0 Å². The first-order valence-corrected chi connectivity index (χ1v) is 9.01. The molecule has 0 saturated heterocycles. The highest BCUT2D eigenvalue weighted by molar-refractivity contribution is 5.97. The van der Waals surface area contributed by atoms with Crippen molar-refractivity contribution in [2.45, 2.75) is 38.5 Å². The molecule has 1 atom stereocenters. The first kappa shape index (κ1) is 16.6. The van der Waals surface area contributed by atoms with Gasteiger partial charge in [0.05, 0.1) is 11.5 Å². The average molecular weight is 348 g/mol. The zero-order chi connectivity index (χ0) is 18.3. The molecule has 1 heterocycles. The van der Waals surface area contributed by atoms with Gasteiger partial charge in [0.15, 0.2) is 0 Å². The van der Waals surface area contributed by atoms with Crippen LogP contribution in [-0.4, -0.2) is 11.1 Å². The number of hydrogen-bond donors (Lipinski definition) is 1. The lowest BCUT2D eigenvalue weighted by Gasteiger charge is -2.17. The minimum absolute atomic E-state index is 0.247. The van der Waals surface area contributed by atoms with Crippen LogP contribution >= 0.6 is 0 Å². The molecule has 0 saturated carbocycles. The van der Waals surface area contributed by atoms with Crippen molar-refractivity contribution in [3.8, 4) is 11.1 Å². The summed E-state index contributed by atoms with van der Waals surface area (Å²) in [6.45, 7) is 1.78. The van der Waals surface area contributed by atoms with E-state index in [2.05, 4.69) is 6.07 Å². The third-order valence-corrected chi connectivity index (χ3v) is 5.27. The van der Waals surface area contributed by atoms with Crippen molar-refractivity contribution < 1.29 is 14.3 Å². The fraction of sp³-hybridized carbons (Fsp3) is 0.273. The molecule has 1 N–H and O–H groups in total. The Labute approximate surface area is 151 Å². The van der Waals surface area contributed by atoms with Gasteiger partial charge in [-0.05, 0) is 54.5 Å². The molecule has 0 spiro atoms. The second-order valence-electron chi connectivity index (χ2n) is 6.81. The zero-order valence-electron chi connectivity index (χ0n) is 14.6. The molecule has 4 heteroatoms. The predicted octanol–water partition coefficient (Wildman–Crippen LogP) is 4.53. The van der Waals surface area contributed by atoms with Gasteiger partial charge >= 0.3 is 11.6 Å². The highest BCUT2D eigenvalue weighted by Gasteiger charge is 2.28. The number of benzene rings is 2. The maximum absolute atomic E-state index is 12.8. The lowest BCUT2D eigenvalue weighted by Crippen LogP contribution is -2.20. The molecule has 26 heavy (non-hydrogen) atoms. The number of aryl methyl sites for hydroxylation is 2. The van der Waals surface area contributed by atoms with Crippen LogP contribution in [-0.2, 0) is 17.6 Å². The number of fused-ring (bicyclic) bond motifs is 2. The molecule has 2 aromatic carbocycles. The van der Waals surface area contributed by atoms with E-state index >= 15 is 0 Å². The van der Waals surface area contributed by atoms with E-state index in [-0.39, 0.29) is 5.56 Å². The summed E-state index contributed by atoms with van der Waals surface area (Å²) in [5, 5.41) is 10.5. The van der Waals surface area contributed by atoms with Crippen LogP contribution in [0.2, 0.25) is 0 Å². The zero-order valence-corrected chi connectivity index (χ0v) is 14.6. The lowest BCUT2D eigenvalue weighted by molar-refractivity contribution is -0.138. The molecule has 0 radical (unpaired) electrons. The molecular weight excluding hydrogens is 328 g/mol. The van der Waals surface area contributed by atoms with Gasteiger partial charge in [-0.1, -0.05) is 37.3 Å². The fourth-order valence-corrected chi connectivity index (χ4v) is 4.02. The third-order valence-electron chi connectivity index (χ3n) is 5.27. The van der Waals surface area contributed by atoms with E-state index in [9.17, 15) is 14.7 Å². The summed E-state index contributed by atoms with van der Waals surface area (Å²) in [5.74, 6) is -1.89. The summed E-state index contributed by atoms with van der Waals surface area (Å²) >= 11 is 0. The average Bonchev–Trinajstić information content (AvgIpc) is 3.08. The van der Waals surface area contributed by atoms with Crippen LogP contribution in [0.4, 0.5) is 0 Å². The van der Waals surface area contributed by atoms with Gasteiger partial charge in [-0.25, -0.2) is 4.79 Å². The van der Waals surface area contributed by atoms with Crippen molar-refractivity contribution in [2.75, 3.05) is 0 Å². The minimum atomic E-state index is -1.00. The predicted molar refractivity (Wildman–Crippen MR) is 101 cm³/mol. The van der Waals surface area contributed by atoms with Crippen molar-refractivity contribution in [3.63, 3.8) is 0 Å². The van der Waals surface area contributed by atoms with Gasteiger partial charge in [-0.15, -0.1) is 0 Å². The number of carbonyl (C=O) groups is 1. The Bertz CT molecular complexity index is 1050. The molecular formula is C22H20O4. The monoisotopic (exact) mass is 348 g/mol. The van der Waals surface area contributed by atoms with Crippen LogP contribution in [0.15, 0.2) is 51.7 Å². The van der Waals surface area contributed by atoms with Crippen LogP contribution < -0.4 is 5.63 Å². The maximum Gasteiger partial charge on any atom is 0.340 e. The highest BCUT2D eigenvalue weighted by Crippen LogP contribution is 2.37. The molecule has 0 aliphatic heterocycles. The number of carboxylic acids is 1. The summed E-state index contributed by atoms with van der Waals surface area (Å²) in [7, 11) is 0. The normalized spacial score (nSPS) is 14.3. The molecule has 0 fully saturated rings. The Hall–Kier alpha value is -2.88. The highest BCUT2D eigenvalue weighted by atomic mass is 16.4. The second kappa shape index (κ2) is 6.45. The van der Waals surface area contributed by atoms with E-state index in [0.717, 1.165) is 30.2 Å². The number of rotatable bonds is 4. The third kappa shape index (κ3) is 2.62. The summed E-state index contributed by atoms with van der Waals surface area (Å²) in [5.41, 5.74) is 4.26. The van der Waals surface area contributed by atoms with E-state index in [1.54, 1.807) is 6.92 Å². The lowest BCUT2D eigenvalue weighted by atomic mass is 9.87. The summed E-state index contributed by atoms with van der Waals surface area (Å²) in [6.07, 6.45) is 3.42. The van der Waals surface area contributed by atoms with Crippen LogP contribution in [0, 0.1) is 0 Å².